The zero-order valence-corrected chi connectivity index (χ0v) is 12.2. The number of rotatable bonds is 2. The lowest BCUT2D eigenvalue weighted by molar-refractivity contribution is 0.232. The van der Waals surface area contributed by atoms with Gasteiger partial charge in [0.25, 0.3) is 5.56 Å². The standard InChI is InChI=1S/C14H16BrN3O/c15-12-1-2-13-10(8-12)7-11(14(19)17-13)9-18-5-3-16-4-6-18/h1-2,7-8,16H,3-6,9H2,(H,17,19). The Kier molecular flexibility index (Phi) is 3.68. The van der Waals surface area contributed by atoms with E-state index in [4.69, 9.17) is 0 Å². The average molecular weight is 322 g/mol. The van der Waals surface area contributed by atoms with Crippen LogP contribution in [-0.4, -0.2) is 36.1 Å². The smallest absolute Gasteiger partial charge is 0.252 e. The Balaban J connectivity index is 1.93. The summed E-state index contributed by atoms with van der Waals surface area (Å²) >= 11 is 3.46. The number of nitrogens with zero attached hydrogens (tertiary/aromatic N) is 1. The van der Waals surface area contributed by atoms with Crippen molar-refractivity contribution < 1.29 is 0 Å². The summed E-state index contributed by atoms with van der Waals surface area (Å²) in [5.41, 5.74) is 1.75. The van der Waals surface area contributed by atoms with Crippen molar-refractivity contribution in [1.29, 1.82) is 0 Å². The molecule has 19 heavy (non-hydrogen) atoms. The molecule has 1 aliphatic heterocycles. The van der Waals surface area contributed by atoms with E-state index in [1.807, 2.05) is 24.3 Å². The lowest BCUT2D eigenvalue weighted by Crippen LogP contribution is -2.43. The quantitative estimate of drug-likeness (QED) is 0.885. The molecule has 0 unspecified atom stereocenters. The van der Waals surface area contributed by atoms with Gasteiger partial charge in [-0.15, -0.1) is 0 Å². The van der Waals surface area contributed by atoms with Crippen molar-refractivity contribution in [2.75, 3.05) is 26.2 Å². The Morgan fingerprint density at radius 3 is 2.79 bits per heavy atom. The molecule has 1 fully saturated rings. The largest absolute Gasteiger partial charge is 0.322 e. The maximum absolute atomic E-state index is 12.1. The molecule has 4 nitrogen and oxygen atoms in total. The molecule has 2 aromatic rings. The molecule has 0 spiro atoms. The van der Waals surface area contributed by atoms with Gasteiger partial charge in [0.1, 0.15) is 0 Å². The first-order chi connectivity index (χ1) is 9.22. The average Bonchev–Trinajstić information content (AvgIpc) is 2.41. The van der Waals surface area contributed by atoms with Gasteiger partial charge < -0.3 is 10.3 Å². The van der Waals surface area contributed by atoms with Crippen LogP contribution in [0.15, 0.2) is 33.5 Å². The molecule has 3 rings (SSSR count). The van der Waals surface area contributed by atoms with E-state index in [2.05, 4.69) is 31.1 Å². The van der Waals surface area contributed by atoms with Gasteiger partial charge in [0, 0.05) is 48.3 Å². The summed E-state index contributed by atoms with van der Waals surface area (Å²) in [6.07, 6.45) is 0. The van der Waals surface area contributed by atoms with Crippen LogP contribution in [0.25, 0.3) is 10.9 Å². The second-order valence-corrected chi connectivity index (χ2v) is 5.80. The van der Waals surface area contributed by atoms with Crippen LogP contribution in [0.1, 0.15) is 5.56 Å². The lowest BCUT2D eigenvalue weighted by atomic mass is 10.1. The molecule has 0 aliphatic carbocycles. The molecular weight excluding hydrogens is 306 g/mol. The number of hydrogen-bond acceptors (Lipinski definition) is 3. The number of benzene rings is 1. The number of halogens is 1. The minimum absolute atomic E-state index is 0.0216. The highest BCUT2D eigenvalue weighted by molar-refractivity contribution is 9.10. The Hall–Kier alpha value is -1.17. The summed E-state index contributed by atoms with van der Waals surface area (Å²) in [5.74, 6) is 0. The van der Waals surface area contributed by atoms with E-state index < -0.39 is 0 Å². The van der Waals surface area contributed by atoms with Crippen molar-refractivity contribution in [3.63, 3.8) is 0 Å². The van der Waals surface area contributed by atoms with Crippen molar-refractivity contribution in [2.24, 2.45) is 0 Å². The number of pyridine rings is 1. The summed E-state index contributed by atoms with van der Waals surface area (Å²) in [7, 11) is 0. The Labute approximate surface area is 119 Å². The van der Waals surface area contributed by atoms with Gasteiger partial charge in [0.2, 0.25) is 0 Å². The van der Waals surface area contributed by atoms with Crippen LogP contribution in [-0.2, 0) is 6.54 Å². The van der Waals surface area contributed by atoms with Crippen LogP contribution >= 0.6 is 15.9 Å². The number of piperazine rings is 1. The second-order valence-electron chi connectivity index (χ2n) is 4.88. The van der Waals surface area contributed by atoms with E-state index in [0.717, 1.165) is 53.7 Å². The maximum atomic E-state index is 12.1. The van der Waals surface area contributed by atoms with Crippen molar-refractivity contribution in [3.05, 3.63) is 44.7 Å². The monoisotopic (exact) mass is 321 g/mol. The predicted octanol–water partition coefficient (Wildman–Crippen LogP) is 1.70. The van der Waals surface area contributed by atoms with Crippen LogP contribution < -0.4 is 10.9 Å². The van der Waals surface area contributed by atoms with Gasteiger partial charge in [-0.2, -0.15) is 0 Å². The van der Waals surface area contributed by atoms with E-state index in [1.165, 1.54) is 0 Å². The maximum Gasteiger partial charge on any atom is 0.252 e. The van der Waals surface area contributed by atoms with Crippen molar-refractivity contribution >= 4 is 26.8 Å². The van der Waals surface area contributed by atoms with Crippen molar-refractivity contribution in [1.82, 2.24) is 15.2 Å². The van der Waals surface area contributed by atoms with Crippen LogP contribution in [0.2, 0.25) is 0 Å². The number of fused-ring (bicyclic) bond motifs is 1. The first-order valence-electron chi connectivity index (χ1n) is 6.47. The third-order valence-corrected chi connectivity index (χ3v) is 3.98. The fourth-order valence-corrected chi connectivity index (χ4v) is 2.83. The summed E-state index contributed by atoms with van der Waals surface area (Å²) in [4.78, 5) is 17.3. The second kappa shape index (κ2) is 5.45. The van der Waals surface area contributed by atoms with Gasteiger partial charge in [-0.25, -0.2) is 0 Å². The molecule has 2 heterocycles. The van der Waals surface area contributed by atoms with Crippen molar-refractivity contribution in [3.8, 4) is 0 Å². The molecule has 5 heteroatoms. The Morgan fingerprint density at radius 1 is 1.21 bits per heavy atom. The third-order valence-electron chi connectivity index (χ3n) is 3.49. The molecule has 0 bridgehead atoms. The van der Waals surface area contributed by atoms with Crippen LogP contribution in [0.3, 0.4) is 0 Å². The first kappa shape index (κ1) is 12.8. The molecule has 2 N–H and O–H groups in total. The third kappa shape index (κ3) is 2.88. The number of aromatic nitrogens is 1. The van der Waals surface area contributed by atoms with Crippen LogP contribution in [0, 0.1) is 0 Å². The molecule has 100 valence electrons. The Morgan fingerprint density at radius 2 is 2.00 bits per heavy atom. The highest BCUT2D eigenvalue weighted by atomic mass is 79.9. The summed E-state index contributed by atoms with van der Waals surface area (Å²) < 4.78 is 1.03. The fraction of sp³-hybridized carbons (Fsp3) is 0.357. The molecule has 0 atom stereocenters. The highest BCUT2D eigenvalue weighted by Crippen LogP contribution is 2.18. The van der Waals surface area contributed by atoms with Crippen LogP contribution in [0.4, 0.5) is 0 Å². The van der Waals surface area contributed by atoms with Gasteiger partial charge in [-0.05, 0) is 29.7 Å². The fourth-order valence-electron chi connectivity index (χ4n) is 2.45. The van der Waals surface area contributed by atoms with E-state index in [0.29, 0.717) is 0 Å². The highest BCUT2D eigenvalue weighted by Gasteiger charge is 2.12. The van der Waals surface area contributed by atoms with Gasteiger partial charge >= 0.3 is 0 Å². The predicted molar refractivity (Wildman–Crippen MR) is 80.4 cm³/mol. The zero-order valence-electron chi connectivity index (χ0n) is 10.6. The normalized spacial score (nSPS) is 16.9. The number of nitrogens with one attached hydrogen (secondary N) is 2. The molecule has 1 aliphatic rings. The molecule has 0 saturated carbocycles. The Bertz CT molecular complexity index is 647. The summed E-state index contributed by atoms with van der Waals surface area (Å²) in [5, 5.41) is 4.39. The SMILES string of the molecule is O=c1[nH]c2ccc(Br)cc2cc1CN1CCNCC1. The van der Waals surface area contributed by atoms with Gasteiger partial charge in [-0.3, -0.25) is 9.69 Å². The zero-order chi connectivity index (χ0) is 13.2. The number of hydrogen-bond donors (Lipinski definition) is 2. The van der Waals surface area contributed by atoms with E-state index in [-0.39, 0.29) is 5.56 Å². The summed E-state index contributed by atoms with van der Waals surface area (Å²) in [6, 6.07) is 7.90. The number of H-pyrrole nitrogens is 1. The molecule has 1 saturated heterocycles. The van der Waals surface area contributed by atoms with E-state index in [1.54, 1.807) is 0 Å². The molecular formula is C14H16BrN3O. The summed E-state index contributed by atoms with van der Waals surface area (Å²) in [6.45, 7) is 4.71. The lowest BCUT2D eigenvalue weighted by Gasteiger charge is -2.26. The molecule has 1 aromatic carbocycles. The first-order valence-corrected chi connectivity index (χ1v) is 7.26. The van der Waals surface area contributed by atoms with Crippen molar-refractivity contribution in [2.45, 2.75) is 6.54 Å². The van der Waals surface area contributed by atoms with Crippen LogP contribution in [0.5, 0.6) is 0 Å². The van der Waals surface area contributed by atoms with Gasteiger partial charge in [0.05, 0.1) is 0 Å². The topological polar surface area (TPSA) is 48.1 Å². The molecule has 0 amide bonds. The van der Waals surface area contributed by atoms with Gasteiger partial charge in [0.15, 0.2) is 0 Å². The van der Waals surface area contributed by atoms with E-state index >= 15 is 0 Å². The van der Waals surface area contributed by atoms with Gasteiger partial charge in [-0.1, -0.05) is 15.9 Å². The van der Waals surface area contributed by atoms with E-state index in [9.17, 15) is 4.79 Å². The minimum atomic E-state index is 0.0216. The molecule has 1 aromatic heterocycles. The molecule has 0 radical (unpaired) electrons. The number of aromatic amines is 1. The minimum Gasteiger partial charge on any atom is -0.322 e.